The average Bonchev–Trinajstić information content (AvgIpc) is 2.85. The van der Waals surface area contributed by atoms with E-state index in [2.05, 4.69) is 22.3 Å². The summed E-state index contributed by atoms with van der Waals surface area (Å²) in [4.78, 5) is 14.5. The van der Waals surface area contributed by atoms with Crippen LogP contribution in [0.25, 0.3) is 0 Å². The number of aliphatic hydroxyl groups is 1. The van der Waals surface area contributed by atoms with Gasteiger partial charge in [0.25, 0.3) is 0 Å². The lowest BCUT2D eigenvalue weighted by Crippen LogP contribution is -2.43. The maximum absolute atomic E-state index is 12.1. The molecule has 0 unspecified atom stereocenters. The minimum atomic E-state index is -0.493. The van der Waals surface area contributed by atoms with Gasteiger partial charge in [-0.1, -0.05) is 30.3 Å². The summed E-state index contributed by atoms with van der Waals surface area (Å²) in [6.45, 7) is 8.40. The van der Waals surface area contributed by atoms with E-state index in [-0.39, 0.29) is 18.7 Å². The fourth-order valence-corrected chi connectivity index (χ4v) is 3.20. The van der Waals surface area contributed by atoms with Crippen molar-refractivity contribution in [2.45, 2.75) is 51.8 Å². The number of hydrogen-bond acceptors (Lipinski definition) is 4. The highest BCUT2D eigenvalue weighted by Crippen LogP contribution is 2.24. The fraction of sp³-hybridized carbons (Fsp3) is 0.632. The van der Waals surface area contributed by atoms with Crippen LogP contribution in [0.4, 0.5) is 4.79 Å². The molecule has 24 heavy (non-hydrogen) atoms. The van der Waals surface area contributed by atoms with Gasteiger partial charge in [0.15, 0.2) is 0 Å². The molecule has 1 aliphatic heterocycles. The molecule has 0 aliphatic carbocycles. The Labute approximate surface area is 145 Å². The highest BCUT2D eigenvalue weighted by molar-refractivity contribution is 5.68. The highest BCUT2D eigenvalue weighted by atomic mass is 16.6. The quantitative estimate of drug-likeness (QED) is 0.840. The monoisotopic (exact) mass is 334 g/mol. The first-order chi connectivity index (χ1) is 11.4. The summed E-state index contributed by atoms with van der Waals surface area (Å²) in [7, 11) is 0. The summed E-state index contributed by atoms with van der Waals surface area (Å²) in [6.07, 6.45) is 1.31. The first kappa shape index (κ1) is 18.7. The lowest BCUT2D eigenvalue weighted by atomic mass is 9.98. The van der Waals surface area contributed by atoms with Gasteiger partial charge in [0.1, 0.15) is 5.60 Å². The molecular formula is C19H30N2O3. The van der Waals surface area contributed by atoms with Crippen LogP contribution >= 0.6 is 0 Å². The summed E-state index contributed by atoms with van der Waals surface area (Å²) >= 11 is 0. The SMILES string of the molecule is CC(C)(C)OC(=O)N[C@@H]1CN(Cc2ccccc2)C[C@@H]1CCCO. The average molecular weight is 334 g/mol. The molecule has 5 heteroatoms. The van der Waals surface area contributed by atoms with Crippen LogP contribution in [0.2, 0.25) is 0 Å². The Morgan fingerprint density at radius 3 is 2.62 bits per heavy atom. The van der Waals surface area contributed by atoms with Crippen molar-refractivity contribution in [1.82, 2.24) is 10.2 Å². The Morgan fingerprint density at radius 1 is 1.29 bits per heavy atom. The van der Waals surface area contributed by atoms with Gasteiger partial charge in [-0.2, -0.15) is 0 Å². The lowest BCUT2D eigenvalue weighted by molar-refractivity contribution is 0.0494. The number of aliphatic hydroxyl groups excluding tert-OH is 1. The minimum Gasteiger partial charge on any atom is -0.444 e. The summed E-state index contributed by atoms with van der Waals surface area (Å²) in [5.74, 6) is 0.341. The third-order valence-corrected chi connectivity index (χ3v) is 4.20. The van der Waals surface area contributed by atoms with Gasteiger partial charge in [-0.05, 0) is 45.1 Å². The van der Waals surface area contributed by atoms with Crippen molar-refractivity contribution in [2.75, 3.05) is 19.7 Å². The number of rotatable bonds is 6. The third kappa shape index (κ3) is 6.13. The second-order valence-electron chi connectivity index (χ2n) is 7.56. The third-order valence-electron chi connectivity index (χ3n) is 4.20. The van der Waals surface area contributed by atoms with E-state index >= 15 is 0 Å². The summed E-state index contributed by atoms with van der Waals surface area (Å²) in [5, 5.41) is 12.1. The fourth-order valence-electron chi connectivity index (χ4n) is 3.20. The molecule has 2 atom stereocenters. The van der Waals surface area contributed by atoms with Gasteiger partial charge in [-0.15, -0.1) is 0 Å². The Morgan fingerprint density at radius 2 is 2.00 bits per heavy atom. The zero-order valence-corrected chi connectivity index (χ0v) is 15.0. The van der Waals surface area contributed by atoms with Crippen LogP contribution < -0.4 is 5.32 Å². The molecule has 1 aromatic rings. The van der Waals surface area contributed by atoms with Crippen LogP contribution in [0.5, 0.6) is 0 Å². The van der Waals surface area contributed by atoms with Crippen LogP contribution in [-0.4, -0.2) is 47.4 Å². The first-order valence-corrected chi connectivity index (χ1v) is 8.74. The van der Waals surface area contributed by atoms with E-state index in [4.69, 9.17) is 9.84 Å². The minimum absolute atomic E-state index is 0.0649. The zero-order chi connectivity index (χ0) is 17.6. The largest absolute Gasteiger partial charge is 0.444 e. The number of alkyl carbamates (subject to hydrolysis) is 1. The van der Waals surface area contributed by atoms with E-state index in [1.165, 1.54) is 5.56 Å². The molecule has 1 aromatic carbocycles. The molecule has 2 rings (SSSR count). The van der Waals surface area contributed by atoms with Crippen LogP contribution in [-0.2, 0) is 11.3 Å². The Kier molecular flexibility index (Phi) is 6.63. The van der Waals surface area contributed by atoms with Crippen LogP contribution in [0, 0.1) is 5.92 Å². The van der Waals surface area contributed by atoms with Crippen molar-refractivity contribution in [3.63, 3.8) is 0 Å². The van der Waals surface area contributed by atoms with Crippen molar-refractivity contribution in [3.05, 3.63) is 35.9 Å². The molecule has 2 N–H and O–H groups in total. The van der Waals surface area contributed by atoms with Crippen molar-refractivity contribution in [2.24, 2.45) is 5.92 Å². The van der Waals surface area contributed by atoms with Crippen molar-refractivity contribution >= 4 is 6.09 Å². The van der Waals surface area contributed by atoms with E-state index in [9.17, 15) is 4.79 Å². The predicted octanol–water partition coefficient (Wildman–Crippen LogP) is 2.78. The molecule has 1 saturated heterocycles. The zero-order valence-electron chi connectivity index (χ0n) is 15.0. The topological polar surface area (TPSA) is 61.8 Å². The predicted molar refractivity (Wildman–Crippen MR) is 94.7 cm³/mol. The highest BCUT2D eigenvalue weighted by Gasteiger charge is 2.34. The van der Waals surface area contributed by atoms with Gasteiger partial charge in [0.2, 0.25) is 0 Å². The number of amides is 1. The number of likely N-dealkylation sites (tertiary alicyclic amines) is 1. The maximum Gasteiger partial charge on any atom is 0.407 e. The Bertz CT molecular complexity index is 513. The summed E-state index contributed by atoms with van der Waals surface area (Å²) in [6, 6.07) is 10.4. The Hall–Kier alpha value is -1.59. The Balaban J connectivity index is 1.94. The second-order valence-corrected chi connectivity index (χ2v) is 7.56. The summed E-state index contributed by atoms with van der Waals surface area (Å²) in [5.41, 5.74) is 0.781. The van der Waals surface area contributed by atoms with Gasteiger partial charge in [-0.25, -0.2) is 4.79 Å². The smallest absolute Gasteiger partial charge is 0.407 e. The van der Waals surface area contributed by atoms with Crippen LogP contribution in [0.15, 0.2) is 30.3 Å². The van der Waals surface area contributed by atoms with E-state index in [1.54, 1.807) is 0 Å². The van der Waals surface area contributed by atoms with E-state index in [0.717, 1.165) is 32.5 Å². The molecule has 0 aromatic heterocycles. The van der Waals surface area contributed by atoms with E-state index in [1.807, 2.05) is 39.0 Å². The number of ether oxygens (including phenoxy) is 1. The molecule has 1 amide bonds. The van der Waals surface area contributed by atoms with Gasteiger partial charge in [0, 0.05) is 32.3 Å². The number of carbonyl (C=O) groups excluding carboxylic acids is 1. The number of benzene rings is 1. The van der Waals surface area contributed by atoms with Gasteiger partial charge in [-0.3, -0.25) is 4.90 Å². The van der Waals surface area contributed by atoms with Crippen molar-refractivity contribution in [3.8, 4) is 0 Å². The summed E-state index contributed by atoms with van der Waals surface area (Å²) < 4.78 is 5.39. The van der Waals surface area contributed by atoms with Crippen molar-refractivity contribution < 1.29 is 14.6 Å². The van der Waals surface area contributed by atoms with E-state index in [0.29, 0.717) is 5.92 Å². The van der Waals surface area contributed by atoms with Crippen LogP contribution in [0.3, 0.4) is 0 Å². The number of nitrogens with one attached hydrogen (secondary N) is 1. The maximum atomic E-state index is 12.1. The molecule has 134 valence electrons. The van der Waals surface area contributed by atoms with Crippen LogP contribution in [0.1, 0.15) is 39.2 Å². The van der Waals surface area contributed by atoms with Crippen molar-refractivity contribution in [1.29, 1.82) is 0 Å². The molecule has 0 bridgehead atoms. The van der Waals surface area contributed by atoms with E-state index < -0.39 is 5.60 Å². The standard InChI is InChI=1S/C19H30N2O3/c1-19(2,3)24-18(23)20-17-14-21(13-16(17)10-7-11-22)12-15-8-5-4-6-9-15/h4-6,8-9,16-17,22H,7,10-14H2,1-3H3,(H,20,23)/t16-,17+/m0/s1. The molecule has 0 spiro atoms. The van der Waals surface area contributed by atoms with Gasteiger partial charge >= 0.3 is 6.09 Å². The van der Waals surface area contributed by atoms with Gasteiger partial charge in [0.05, 0.1) is 0 Å². The molecule has 1 aliphatic rings. The molecule has 5 nitrogen and oxygen atoms in total. The molecule has 1 fully saturated rings. The number of hydrogen-bond donors (Lipinski definition) is 2. The first-order valence-electron chi connectivity index (χ1n) is 8.74. The molecule has 0 saturated carbocycles. The molecular weight excluding hydrogens is 304 g/mol. The molecule has 1 heterocycles. The molecule has 0 radical (unpaired) electrons. The number of carbonyl (C=O) groups is 1. The second kappa shape index (κ2) is 8.49. The van der Waals surface area contributed by atoms with Gasteiger partial charge < -0.3 is 15.2 Å². The number of nitrogens with zero attached hydrogens (tertiary/aromatic N) is 1. The lowest BCUT2D eigenvalue weighted by Gasteiger charge is -2.24. The normalized spacial score (nSPS) is 21.7.